The van der Waals surface area contributed by atoms with Crippen molar-refractivity contribution in [2.45, 2.75) is 18.9 Å². The molecule has 76 valence electrons. The maximum atomic E-state index is 11.9. The number of hydrogen-bond donors (Lipinski definition) is 1. The molecule has 1 atom stereocenters. The molecular formula is C9H12N2O2S. The first kappa shape index (κ1) is 9.76. The van der Waals surface area contributed by atoms with E-state index >= 15 is 0 Å². The van der Waals surface area contributed by atoms with E-state index in [1.54, 1.807) is 5.38 Å². The summed E-state index contributed by atoms with van der Waals surface area (Å²) in [6, 6.07) is 0. The fourth-order valence-corrected chi connectivity index (χ4v) is 2.08. The minimum Gasteiger partial charge on any atom is -0.379 e. The molecule has 1 aliphatic rings. The zero-order valence-electron chi connectivity index (χ0n) is 7.95. The van der Waals surface area contributed by atoms with Gasteiger partial charge in [0.25, 0.3) is 0 Å². The predicted octanol–water partition coefficient (Wildman–Crippen LogP) is 0.752. The molecule has 1 aromatic rings. The van der Waals surface area contributed by atoms with Crippen molar-refractivity contribution in [2.24, 2.45) is 5.73 Å². The van der Waals surface area contributed by atoms with Gasteiger partial charge in [-0.3, -0.25) is 4.79 Å². The molecule has 1 aromatic heterocycles. The molecule has 0 aliphatic carbocycles. The molecule has 1 saturated heterocycles. The first-order chi connectivity index (χ1) is 6.62. The van der Waals surface area contributed by atoms with E-state index in [-0.39, 0.29) is 5.78 Å². The van der Waals surface area contributed by atoms with E-state index in [1.165, 1.54) is 11.3 Å². The summed E-state index contributed by atoms with van der Waals surface area (Å²) < 4.78 is 5.14. The van der Waals surface area contributed by atoms with Crippen LogP contribution in [0.15, 0.2) is 5.38 Å². The van der Waals surface area contributed by atoms with E-state index in [0.29, 0.717) is 25.3 Å². The first-order valence-corrected chi connectivity index (χ1v) is 5.33. The lowest BCUT2D eigenvalue weighted by Gasteiger charge is -2.18. The van der Waals surface area contributed by atoms with Crippen molar-refractivity contribution in [3.8, 4) is 0 Å². The Hall–Kier alpha value is -0.780. The SMILES string of the molecule is Cc1nc(C(=O)C2(N)CCOC2)cs1. The van der Waals surface area contributed by atoms with Crippen LogP contribution in [-0.4, -0.2) is 29.5 Å². The van der Waals surface area contributed by atoms with Crippen LogP contribution in [0.1, 0.15) is 21.9 Å². The number of hydrogen-bond acceptors (Lipinski definition) is 5. The molecule has 1 unspecified atom stereocenters. The summed E-state index contributed by atoms with van der Waals surface area (Å²) >= 11 is 1.46. The summed E-state index contributed by atoms with van der Waals surface area (Å²) in [7, 11) is 0. The number of nitrogens with two attached hydrogens (primary N) is 1. The normalized spacial score (nSPS) is 26.7. The van der Waals surface area contributed by atoms with Crippen molar-refractivity contribution in [3.05, 3.63) is 16.1 Å². The molecule has 1 aliphatic heterocycles. The van der Waals surface area contributed by atoms with Gasteiger partial charge in [0.05, 0.1) is 11.6 Å². The highest BCUT2D eigenvalue weighted by Gasteiger charge is 2.39. The Labute approximate surface area is 86.1 Å². The van der Waals surface area contributed by atoms with E-state index in [1.807, 2.05) is 6.92 Å². The molecule has 4 nitrogen and oxygen atoms in total. The van der Waals surface area contributed by atoms with E-state index in [2.05, 4.69) is 4.98 Å². The largest absolute Gasteiger partial charge is 0.379 e. The highest BCUT2D eigenvalue weighted by Crippen LogP contribution is 2.21. The van der Waals surface area contributed by atoms with Crippen LogP contribution >= 0.6 is 11.3 Å². The molecule has 2 rings (SSSR count). The molecule has 0 spiro atoms. The highest BCUT2D eigenvalue weighted by atomic mass is 32.1. The standard InChI is InChI=1S/C9H12N2O2S/c1-6-11-7(4-14-6)8(12)9(10)2-3-13-5-9/h4H,2-3,5,10H2,1H3. The number of carbonyl (C=O) groups excluding carboxylic acids is 1. The lowest BCUT2D eigenvalue weighted by molar-refractivity contribution is 0.0858. The maximum absolute atomic E-state index is 11.9. The third-order valence-electron chi connectivity index (χ3n) is 2.36. The van der Waals surface area contributed by atoms with Gasteiger partial charge in [0, 0.05) is 12.0 Å². The summed E-state index contributed by atoms with van der Waals surface area (Å²) in [5.74, 6) is -0.0978. The molecule has 2 heterocycles. The third-order valence-corrected chi connectivity index (χ3v) is 3.13. The quantitative estimate of drug-likeness (QED) is 0.735. The minimum absolute atomic E-state index is 0.0978. The lowest BCUT2D eigenvalue weighted by atomic mass is 9.93. The summed E-state index contributed by atoms with van der Waals surface area (Å²) in [4.78, 5) is 16.1. The average molecular weight is 212 g/mol. The molecule has 0 aromatic carbocycles. The van der Waals surface area contributed by atoms with Crippen molar-refractivity contribution in [1.29, 1.82) is 0 Å². The molecule has 0 saturated carbocycles. The second kappa shape index (κ2) is 3.42. The van der Waals surface area contributed by atoms with Gasteiger partial charge in [0.2, 0.25) is 5.78 Å². The highest BCUT2D eigenvalue weighted by molar-refractivity contribution is 7.09. The van der Waals surface area contributed by atoms with Crippen LogP contribution in [0.4, 0.5) is 0 Å². The molecule has 0 radical (unpaired) electrons. The Bertz CT molecular complexity index is 355. The van der Waals surface area contributed by atoms with Crippen LogP contribution in [0.5, 0.6) is 0 Å². The van der Waals surface area contributed by atoms with Crippen LogP contribution in [-0.2, 0) is 4.74 Å². The first-order valence-electron chi connectivity index (χ1n) is 4.45. The van der Waals surface area contributed by atoms with Crippen LogP contribution in [0.25, 0.3) is 0 Å². The van der Waals surface area contributed by atoms with Gasteiger partial charge in [-0.2, -0.15) is 0 Å². The lowest BCUT2D eigenvalue weighted by Crippen LogP contribution is -2.48. The maximum Gasteiger partial charge on any atom is 0.204 e. The minimum atomic E-state index is -0.847. The van der Waals surface area contributed by atoms with Gasteiger partial charge < -0.3 is 10.5 Å². The molecular weight excluding hydrogens is 200 g/mol. The van der Waals surface area contributed by atoms with E-state index in [4.69, 9.17) is 10.5 Å². The number of nitrogens with zero attached hydrogens (tertiary/aromatic N) is 1. The Balaban J connectivity index is 2.23. The van der Waals surface area contributed by atoms with Crippen LogP contribution in [0, 0.1) is 6.92 Å². The van der Waals surface area contributed by atoms with Crippen molar-refractivity contribution < 1.29 is 9.53 Å². The molecule has 5 heteroatoms. The van der Waals surface area contributed by atoms with E-state index < -0.39 is 5.54 Å². The van der Waals surface area contributed by atoms with Gasteiger partial charge in [-0.25, -0.2) is 4.98 Å². The summed E-state index contributed by atoms with van der Waals surface area (Å²) in [6.07, 6.45) is 0.586. The molecule has 0 amide bonds. The summed E-state index contributed by atoms with van der Waals surface area (Å²) in [5.41, 5.74) is 5.56. The monoisotopic (exact) mass is 212 g/mol. The van der Waals surface area contributed by atoms with E-state index in [9.17, 15) is 4.79 Å². The van der Waals surface area contributed by atoms with Crippen molar-refractivity contribution in [2.75, 3.05) is 13.2 Å². The molecule has 2 N–H and O–H groups in total. The van der Waals surface area contributed by atoms with Crippen molar-refractivity contribution in [3.63, 3.8) is 0 Å². The second-order valence-corrected chi connectivity index (χ2v) is 4.60. The zero-order valence-corrected chi connectivity index (χ0v) is 8.76. The summed E-state index contributed by atoms with van der Waals surface area (Å²) in [5, 5.41) is 2.64. The Morgan fingerprint density at radius 3 is 3.07 bits per heavy atom. The number of aromatic nitrogens is 1. The Morgan fingerprint density at radius 1 is 1.79 bits per heavy atom. The fourth-order valence-electron chi connectivity index (χ4n) is 1.48. The van der Waals surface area contributed by atoms with Gasteiger partial charge in [0.1, 0.15) is 11.2 Å². The second-order valence-electron chi connectivity index (χ2n) is 3.54. The molecule has 1 fully saturated rings. The van der Waals surface area contributed by atoms with E-state index in [0.717, 1.165) is 5.01 Å². The number of Topliss-reactive ketones (excluding diaryl/α,β-unsaturated/α-hetero) is 1. The van der Waals surface area contributed by atoms with Gasteiger partial charge >= 0.3 is 0 Å². The van der Waals surface area contributed by atoms with Crippen molar-refractivity contribution in [1.82, 2.24) is 4.98 Å². The smallest absolute Gasteiger partial charge is 0.204 e. The van der Waals surface area contributed by atoms with Crippen LogP contribution < -0.4 is 5.73 Å². The number of ether oxygens (including phenoxy) is 1. The Morgan fingerprint density at radius 2 is 2.57 bits per heavy atom. The third kappa shape index (κ3) is 1.58. The van der Waals surface area contributed by atoms with Gasteiger partial charge in [0.15, 0.2) is 0 Å². The number of ketones is 1. The van der Waals surface area contributed by atoms with Gasteiger partial charge in [-0.15, -0.1) is 11.3 Å². The fraction of sp³-hybridized carbons (Fsp3) is 0.556. The zero-order chi connectivity index (χ0) is 10.2. The predicted molar refractivity (Wildman–Crippen MR) is 53.5 cm³/mol. The van der Waals surface area contributed by atoms with Crippen molar-refractivity contribution >= 4 is 17.1 Å². The topological polar surface area (TPSA) is 65.2 Å². The number of thiazole rings is 1. The van der Waals surface area contributed by atoms with Crippen LogP contribution in [0.2, 0.25) is 0 Å². The summed E-state index contributed by atoms with van der Waals surface area (Å²) in [6.45, 7) is 2.74. The number of aryl methyl sites for hydroxylation is 1. The molecule has 0 bridgehead atoms. The van der Waals surface area contributed by atoms with Gasteiger partial charge in [-0.05, 0) is 13.3 Å². The average Bonchev–Trinajstić information content (AvgIpc) is 2.74. The number of rotatable bonds is 2. The Kier molecular flexibility index (Phi) is 2.38. The molecule has 14 heavy (non-hydrogen) atoms. The van der Waals surface area contributed by atoms with Gasteiger partial charge in [-0.1, -0.05) is 0 Å². The number of carbonyl (C=O) groups is 1. The van der Waals surface area contributed by atoms with Crippen LogP contribution in [0.3, 0.4) is 0 Å².